The summed E-state index contributed by atoms with van der Waals surface area (Å²) in [5, 5.41) is 0. The topological polar surface area (TPSA) is 96.8 Å². The highest BCUT2D eigenvalue weighted by atomic mass is 19.3. The van der Waals surface area contributed by atoms with Gasteiger partial charge in [0.25, 0.3) is 0 Å². The number of unbranched alkanes of at least 4 members (excludes halogenated alkanes) is 1. The second kappa shape index (κ2) is 14.0. The van der Waals surface area contributed by atoms with Gasteiger partial charge in [-0.15, -0.1) is 0 Å². The summed E-state index contributed by atoms with van der Waals surface area (Å²) in [6, 6.07) is 16.4. The van der Waals surface area contributed by atoms with E-state index in [-0.39, 0.29) is 30.9 Å². The van der Waals surface area contributed by atoms with Crippen molar-refractivity contribution >= 4 is 23.4 Å². The van der Waals surface area contributed by atoms with E-state index in [1.807, 2.05) is 6.07 Å². The summed E-state index contributed by atoms with van der Waals surface area (Å²) in [4.78, 5) is 12.0. The van der Waals surface area contributed by atoms with Gasteiger partial charge in [0.1, 0.15) is 11.5 Å². The van der Waals surface area contributed by atoms with Crippen LogP contribution in [0.3, 0.4) is 0 Å². The van der Waals surface area contributed by atoms with E-state index in [1.54, 1.807) is 24.3 Å². The van der Waals surface area contributed by atoms with Crippen LogP contribution < -0.4 is 20.9 Å². The van der Waals surface area contributed by atoms with E-state index in [1.165, 1.54) is 48.6 Å². The Morgan fingerprint density at radius 2 is 1.58 bits per heavy atom. The Morgan fingerprint density at radius 3 is 2.26 bits per heavy atom. The highest BCUT2D eigenvalue weighted by molar-refractivity contribution is 5.87. The first-order valence-corrected chi connectivity index (χ1v) is 12.2. The molecule has 202 valence electrons. The highest BCUT2D eigenvalue weighted by Crippen LogP contribution is 2.32. The fourth-order valence-corrected chi connectivity index (χ4v) is 3.49. The second-order valence-electron chi connectivity index (χ2n) is 8.52. The first-order chi connectivity index (χ1) is 18.3. The van der Waals surface area contributed by atoms with Gasteiger partial charge in [0.15, 0.2) is 0 Å². The van der Waals surface area contributed by atoms with Gasteiger partial charge in [-0.05, 0) is 85.0 Å². The number of ether oxygens (including phenoxy) is 3. The second-order valence-corrected chi connectivity index (χ2v) is 8.52. The molecule has 0 aliphatic carbocycles. The quantitative estimate of drug-likeness (QED) is 0.110. The van der Waals surface area contributed by atoms with Crippen LogP contribution in [0, 0.1) is 0 Å². The molecule has 0 heterocycles. The van der Waals surface area contributed by atoms with Crippen LogP contribution in [0.15, 0.2) is 72.8 Å². The van der Waals surface area contributed by atoms with Crippen LogP contribution in [0.2, 0.25) is 0 Å². The standard InChI is InChI=1S/C29H31F3N2O4/c30-17-3-19-36-25-14-9-23(10-15-25)29(31,32)38-26-12-5-21(6-13-26)7-16-28(35)37-18-2-1-4-22-8-11-24(33)20-27(22)34/h5-16,20H,1-4,17-19,33-34H2/b16-7+. The summed E-state index contributed by atoms with van der Waals surface area (Å²) in [6.07, 6.45) is 1.71. The predicted octanol–water partition coefficient (Wildman–Crippen LogP) is 6.30. The number of halogens is 3. The zero-order valence-corrected chi connectivity index (χ0v) is 20.9. The molecule has 0 atom stereocenters. The normalized spacial score (nSPS) is 11.4. The number of hydrogen-bond acceptors (Lipinski definition) is 6. The SMILES string of the molecule is Nc1ccc(CCCCOC(=O)/C=C/c2ccc(OC(F)(F)c3ccc(OCCCF)cc3)cc2)c(N)c1. The van der Waals surface area contributed by atoms with Crippen molar-refractivity contribution in [2.75, 3.05) is 31.4 Å². The minimum atomic E-state index is -3.57. The Kier molecular flexibility index (Phi) is 10.5. The maximum Gasteiger partial charge on any atom is 0.426 e. The zero-order chi connectivity index (χ0) is 27.4. The van der Waals surface area contributed by atoms with Crippen LogP contribution in [-0.4, -0.2) is 25.9 Å². The molecule has 0 fully saturated rings. The van der Waals surface area contributed by atoms with Crippen LogP contribution in [0.25, 0.3) is 6.08 Å². The van der Waals surface area contributed by atoms with Crippen molar-refractivity contribution in [3.05, 3.63) is 89.5 Å². The number of anilines is 2. The van der Waals surface area contributed by atoms with Crippen LogP contribution in [0.5, 0.6) is 11.5 Å². The lowest BCUT2D eigenvalue weighted by atomic mass is 10.1. The van der Waals surface area contributed by atoms with Gasteiger partial charge in [0, 0.05) is 23.9 Å². The third kappa shape index (κ3) is 9.06. The van der Waals surface area contributed by atoms with E-state index in [0.717, 1.165) is 18.4 Å². The Hall–Kier alpha value is -4.14. The Morgan fingerprint density at radius 1 is 0.868 bits per heavy atom. The average molecular weight is 529 g/mol. The number of carbonyl (C=O) groups is 1. The van der Waals surface area contributed by atoms with Crippen molar-refractivity contribution in [3.63, 3.8) is 0 Å². The first kappa shape index (κ1) is 28.4. The number of aryl methyl sites for hydroxylation is 1. The van der Waals surface area contributed by atoms with E-state index in [0.29, 0.717) is 29.1 Å². The lowest BCUT2D eigenvalue weighted by Crippen LogP contribution is -2.21. The van der Waals surface area contributed by atoms with Gasteiger partial charge in [-0.1, -0.05) is 18.2 Å². The predicted molar refractivity (Wildman–Crippen MR) is 142 cm³/mol. The van der Waals surface area contributed by atoms with Gasteiger partial charge in [-0.25, -0.2) is 4.79 Å². The van der Waals surface area contributed by atoms with Crippen molar-refractivity contribution in [2.24, 2.45) is 0 Å². The molecule has 6 nitrogen and oxygen atoms in total. The zero-order valence-electron chi connectivity index (χ0n) is 20.9. The van der Waals surface area contributed by atoms with Crippen LogP contribution in [-0.2, 0) is 22.1 Å². The van der Waals surface area contributed by atoms with E-state index in [9.17, 15) is 18.0 Å². The van der Waals surface area contributed by atoms with Crippen molar-refractivity contribution in [3.8, 4) is 11.5 Å². The van der Waals surface area contributed by atoms with E-state index in [4.69, 9.17) is 25.7 Å². The number of esters is 1. The molecule has 0 aliphatic rings. The number of carbonyl (C=O) groups excluding carboxylic acids is 1. The van der Waals surface area contributed by atoms with Gasteiger partial charge < -0.3 is 25.7 Å². The van der Waals surface area contributed by atoms with Crippen molar-refractivity contribution in [1.82, 2.24) is 0 Å². The molecule has 3 aromatic carbocycles. The summed E-state index contributed by atoms with van der Waals surface area (Å²) >= 11 is 0. The molecule has 4 N–H and O–H groups in total. The fourth-order valence-electron chi connectivity index (χ4n) is 3.49. The minimum absolute atomic E-state index is 0.0419. The van der Waals surface area contributed by atoms with E-state index < -0.39 is 18.8 Å². The molecule has 0 bridgehead atoms. The molecule has 9 heteroatoms. The average Bonchev–Trinajstić information content (AvgIpc) is 2.89. The van der Waals surface area contributed by atoms with E-state index in [2.05, 4.69) is 0 Å². The Labute approximate surface area is 220 Å². The lowest BCUT2D eigenvalue weighted by molar-refractivity contribution is -0.185. The number of rotatable bonds is 14. The molecule has 0 aliphatic heterocycles. The van der Waals surface area contributed by atoms with E-state index >= 15 is 0 Å². The molecule has 0 unspecified atom stereocenters. The van der Waals surface area contributed by atoms with Crippen molar-refractivity contribution < 1.29 is 32.2 Å². The molecule has 0 amide bonds. The number of hydrogen-bond donors (Lipinski definition) is 2. The van der Waals surface area contributed by atoms with Crippen molar-refractivity contribution in [2.45, 2.75) is 31.8 Å². The third-order valence-electron chi connectivity index (χ3n) is 5.53. The Balaban J connectivity index is 1.41. The van der Waals surface area contributed by atoms with Crippen molar-refractivity contribution in [1.29, 1.82) is 0 Å². The summed E-state index contributed by atoms with van der Waals surface area (Å²) < 4.78 is 56.6. The molecule has 3 aromatic rings. The van der Waals surface area contributed by atoms with Gasteiger partial charge in [-0.2, -0.15) is 8.78 Å². The first-order valence-electron chi connectivity index (χ1n) is 12.2. The van der Waals surface area contributed by atoms with Crippen LogP contribution in [0.4, 0.5) is 24.5 Å². The molecule has 3 rings (SSSR count). The molecule has 0 aromatic heterocycles. The molecular formula is C29H31F3N2O4. The molecular weight excluding hydrogens is 497 g/mol. The molecule has 0 saturated carbocycles. The highest BCUT2D eigenvalue weighted by Gasteiger charge is 2.34. The van der Waals surface area contributed by atoms with Gasteiger partial charge in [-0.3, -0.25) is 4.39 Å². The molecule has 38 heavy (non-hydrogen) atoms. The fraction of sp³-hybridized carbons (Fsp3) is 0.276. The molecule has 0 radical (unpaired) electrons. The van der Waals surface area contributed by atoms with Gasteiger partial charge >= 0.3 is 12.1 Å². The number of nitrogens with two attached hydrogens (primary N) is 2. The molecule has 0 saturated heterocycles. The Bertz CT molecular complexity index is 1200. The summed E-state index contributed by atoms with van der Waals surface area (Å²) in [7, 11) is 0. The third-order valence-corrected chi connectivity index (χ3v) is 5.53. The number of benzene rings is 3. The molecule has 0 spiro atoms. The number of alkyl halides is 3. The largest absolute Gasteiger partial charge is 0.494 e. The summed E-state index contributed by atoms with van der Waals surface area (Å²) in [6.45, 7) is -0.0705. The lowest BCUT2D eigenvalue weighted by Gasteiger charge is -2.18. The minimum Gasteiger partial charge on any atom is -0.494 e. The summed E-state index contributed by atoms with van der Waals surface area (Å²) in [5.74, 6) is -0.170. The van der Waals surface area contributed by atoms with Crippen LogP contribution in [0.1, 0.15) is 36.0 Å². The van der Waals surface area contributed by atoms with Gasteiger partial charge in [0.05, 0.1) is 25.5 Å². The van der Waals surface area contributed by atoms with Gasteiger partial charge in [0.2, 0.25) is 0 Å². The maximum atomic E-state index is 14.5. The monoisotopic (exact) mass is 528 g/mol. The summed E-state index contributed by atoms with van der Waals surface area (Å²) in [5.41, 5.74) is 14.2. The number of nitrogen functional groups attached to an aromatic ring is 2. The van der Waals surface area contributed by atoms with Crippen LogP contribution >= 0.6 is 0 Å². The smallest absolute Gasteiger partial charge is 0.426 e. The maximum absolute atomic E-state index is 14.5.